The van der Waals surface area contributed by atoms with Crippen LogP contribution in [0, 0.1) is 0 Å². The lowest BCUT2D eigenvalue weighted by molar-refractivity contribution is 0.414. The van der Waals surface area contributed by atoms with E-state index in [1.807, 2.05) is 48.5 Å². The van der Waals surface area contributed by atoms with E-state index >= 15 is 0 Å². The topological polar surface area (TPSA) is 9.23 Å². The fourth-order valence-corrected chi connectivity index (χ4v) is 2.22. The van der Waals surface area contributed by atoms with E-state index in [0.29, 0.717) is 0 Å². The summed E-state index contributed by atoms with van der Waals surface area (Å²) in [5.74, 6) is 0.875. The molecule has 2 aromatic carbocycles. The molecular formula is C13H11ClOS. The van der Waals surface area contributed by atoms with Gasteiger partial charge in [0.05, 0.1) is 7.11 Å². The third kappa shape index (κ3) is 2.94. The van der Waals surface area contributed by atoms with Crippen LogP contribution in [0.1, 0.15) is 0 Å². The highest BCUT2D eigenvalue weighted by molar-refractivity contribution is 7.99. The van der Waals surface area contributed by atoms with Gasteiger partial charge in [0.15, 0.2) is 0 Å². The minimum atomic E-state index is 0.763. The fourth-order valence-electron chi connectivity index (χ4n) is 1.28. The fraction of sp³-hybridized carbons (Fsp3) is 0.0769. The normalized spacial score (nSPS) is 10.1. The molecule has 0 aliphatic heterocycles. The van der Waals surface area contributed by atoms with Crippen LogP contribution in [0.4, 0.5) is 0 Å². The van der Waals surface area contributed by atoms with E-state index in [2.05, 4.69) is 0 Å². The minimum Gasteiger partial charge on any atom is -0.497 e. The van der Waals surface area contributed by atoms with E-state index in [4.69, 9.17) is 16.3 Å². The first-order chi connectivity index (χ1) is 7.78. The van der Waals surface area contributed by atoms with Gasteiger partial charge in [-0.05, 0) is 48.5 Å². The maximum Gasteiger partial charge on any atom is 0.118 e. The van der Waals surface area contributed by atoms with Gasteiger partial charge in [-0.1, -0.05) is 23.4 Å². The lowest BCUT2D eigenvalue weighted by atomic mass is 10.3. The monoisotopic (exact) mass is 250 g/mol. The van der Waals surface area contributed by atoms with Gasteiger partial charge in [-0.3, -0.25) is 0 Å². The second-order valence-corrected chi connectivity index (χ2v) is 4.81. The van der Waals surface area contributed by atoms with Crippen molar-refractivity contribution >= 4 is 23.4 Å². The molecule has 0 amide bonds. The van der Waals surface area contributed by atoms with Crippen molar-refractivity contribution in [3.8, 4) is 5.75 Å². The summed E-state index contributed by atoms with van der Waals surface area (Å²) < 4.78 is 5.11. The van der Waals surface area contributed by atoms with Crippen molar-refractivity contribution in [3.05, 3.63) is 53.6 Å². The maximum absolute atomic E-state index is 5.83. The Morgan fingerprint density at radius 1 is 0.875 bits per heavy atom. The summed E-state index contributed by atoms with van der Waals surface area (Å²) in [4.78, 5) is 2.36. The van der Waals surface area contributed by atoms with Crippen LogP contribution < -0.4 is 4.74 Å². The molecule has 1 nitrogen and oxygen atoms in total. The van der Waals surface area contributed by atoms with E-state index in [9.17, 15) is 0 Å². The summed E-state index contributed by atoms with van der Waals surface area (Å²) in [7, 11) is 1.67. The molecule has 0 aromatic heterocycles. The van der Waals surface area contributed by atoms with Crippen molar-refractivity contribution in [3.63, 3.8) is 0 Å². The van der Waals surface area contributed by atoms with Gasteiger partial charge in [-0.2, -0.15) is 0 Å². The summed E-state index contributed by atoms with van der Waals surface area (Å²) in [5.41, 5.74) is 0. The Morgan fingerprint density at radius 3 is 1.88 bits per heavy atom. The van der Waals surface area contributed by atoms with Gasteiger partial charge in [0.25, 0.3) is 0 Å². The number of halogens is 1. The van der Waals surface area contributed by atoms with Crippen LogP contribution in [0.25, 0.3) is 0 Å². The van der Waals surface area contributed by atoms with Crippen LogP contribution in [0.2, 0.25) is 5.02 Å². The largest absolute Gasteiger partial charge is 0.497 e. The molecule has 3 heteroatoms. The van der Waals surface area contributed by atoms with Crippen LogP contribution in [-0.4, -0.2) is 7.11 Å². The molecule has 2 aromatic rings. The van der Waals surface area contributed by atoms with Crippen molar-refractivity contribution in [2.45, 2.75) is 9.79 Å². The molecule has 0 saturated heterocycles. The molecule has 0 bridgehead atoms. The quantitative estimate of drug-likeness (QED) is 0.793. The predicted octanol–water partition coefficient (Wildman–Crippen LogP) is 4.50. The smallest absolute Gasteiger partial charge is 0.118 e. The average molecular weight is 251 g/mol. The first kappa shape index (κ1) is 11.4. The Labute approximate surface area is 104 Å². The van der Waals surface area contributed by atoms with Crippen LogP contribution in [-0.2, 0) is 0 Å². The second-order valence-electron chi connectivity index (χ2n) is 3.23. The Bertz CT molecular complexity index is 450. The van der Waals surface area contributed by atoms with Gasteiger partial charge < -0.3 is 4.74 Å². The molecule has 0 atom stereocenters. The summed E-state index contributed by atoms with van der Waals surface area (Å²) >= 11 is 7.53. The molecule has 0 aliphatic rings. The van der Waals surface area contributed by atoms with Gasteiger partial charge in [0.2, 0.25) is 0 Å². The Balaban J connectivity index is 2.11. The summed E-state index contributed by atoms with van der Waals surface area (Å²) in [6.45, 7) is 0. The molecular weight excluding hydrogens is 240 g/mol. The molecule has 16 heavy (non-hydrogen) atoms. The standard InChI is InChI=1S/C13H11ClOS/c1-15-11-4-8-13(9-5-11)16-12-6-2-10(14)3-7-12/h2-9H,1H3. The SMILES string of the molecule is COc1ccc(Sc2ccc(Cl)cc2)cc1. The molecule has 0 spiro atoms. The van der Waals surface area contributed by atoms with E-state index in [0.717, 1.165) is 10.8 Å². The molecule has 0 heterocycles. The van der Waals surface area contributed by atoms with Gasteiger partial charge >= 0.3 is 0 Å². The molecule has 0 fully saturated rings. The van der Waals surface area contributed by atoms with Gasteiger partial charge in [0.1, 0.15) is 5.75 Å². The summed E-state index contributed by atoms with van der Waals surface area (Å²) in [5, 5.41) is 0.763. The molecule has 82 valence electrons. The highest BCUT2D eigenvalue weighted by Crippen LogP contribution is 2.29. The maximum atomic E-state index is 5.83. The number of methoxy groups -OCH3 is 1. The number of hydrogen-bond donors (Lipinski definition) is 0. The number of ether oxygens (including phenoxy) is 1. The lowest BCUT2D eigenvalue weighted by Gasteiger charge is -2.03. The molecule has 0 saturated carbocycles. The first-order valence-corrected chi connectivity index (χ1v) is 6.05. The third-order valence-corrected chi connectivity index (χ3v) is 3.38. The van der Waals surface area contributed by atoms with Gasteiger partial charge in [-0.25, -0.2) is 0 Å². The van der Waals surface area contributed by atoms with E-state index in [-0.39, 0.29) is 0 Å². The van der Waals surface area contributed by atoms with Crippen molar-refractivity contribution < 1.29 is 4.74 Å². The van der Waals surface area contributed by atoms with E-state index in [1.165, 1.54) is 9.79 Å². The second kappa shape index (κ2) is 5.28. The zero-order chi connectivity index (χ0) is 11.4. The van der Waals surface area contributed by atoms with Crippen molar-refractivity contribution in [1.82, 2.24) is 0 Å². The zero-order valence-electron chi connectivity index (χ0n) is 8.81. The van der Waals surface area contributed by atoms with Crippen molar-refractivity contribution in [2.75, 3.05) is 7.11 Å². The zero-order valence-corrected chi connectivity index (χ0v) is 10.4. The van der Waals surface area contributed by atoms with Crippen LogP contribution in [0.3, 0.4) is 0 Å². The predicted molar refractivity (Wildman–Crippen MR) is 68.6 cm³/mol. The number of benzene rings is 2. The van der Waals surface area contributed by atoms with E-state index in [1.54, 1.807) is 18.9 Å². The van der Waals surface area contributed by atoms with Crippen molar-refractivity contribution in [1.29, 1.82) is 0 Å². The van der Waals surface area contributed by atoms with Crippen LogP contribution >= 0.6 is 23.4 Å². The average Bonchev–Trinajstić information content (AvgIpc) is 2.33. The molecule has 0 N–H and O–H groups in total. The molecule has 0 radical (unpaired) electrons. The molecule has 0 unspecified atom stereocenters. The third-order valence-electron chi connectivity index (χ3n) is 2.11. The minimum absolute atomic E-state index is 0.763. The summed E-state index contributed by atoms with van der Waals surface area (Å²) in [6.07, 6.45) is 0. The van der Waals surface area contributed by atoms with Crippen molar-refractivity contribution in [2.24, 2.45) is 0 Å². The van der Waals surface area contributed by atoms with Gasteiger partial charge in [-0.15, -0.1) is 0 Å². The summed E-state index contributed by atoms with van der Waals surface area (Å²) in [6, 6.07) is 15.8. The Hall–Kier alpha value is -1.12. The Kier molecular flexibility index (Phi) is 3.75. The van der Waals surface area contributed by atoms with Gasteiger partial charge in [0, 0.05) is 14.8 Å². The molecule has 0 aliphatic carbocycles. The highest BCUT2D eigenvalue weighted by atomic mass is 35.5. The van der Waals surface area contributed by atoms with E-state index < -0.39 is 0 Å². The lowest BCUT2D eigenvalue weighted by Crippen LogP contribution is -1.81. The number of hydrogen-bond acceptors (Lipinski definition) is 2. The van der Waals surface area contributed by atoms with Crippen LogP contribution in [0.5, 0.6) is 5.75 Å². The Morgan fingerprint density at radius 2 is 1.38 bits per heavy atom. The first-order valence-electron chi connectivity index (χ1n) is 4.85. The molecule has 2 rings (SSSR count). The number of rotatable bonds is 3. The highest BCUT2D eigenvalue weighted by Gasteiger charge is 1.98. The van der Waals surface area contributed by atoms with Crippen LogP contribution in [0.15, 0.2) is 58.3 Å².